The fraction of sp³-hybridized carbons (Fsp3) is 0.261. The van der Waals surface area contributed by atoms with Crippen LogP contribution in [0.3, 0.4) is 0 Å². The number of amides is 1. The summed E-state index contributed by atoms with van der Waals surface area (Å²) < 4.78 is 5.42. The van der Waals surface area contributed by atoms with Crippen LogP contribution in [-0.4, -0.2) is 42.2 Å². The van der Waals surface area contributed by atoms with E-state index < -0.39 is 0 Å². The number of hydrogen-bond donors (Lipinski definition) is 2. The molecular formula is C23H25N5O2. The van der Waals surface area contributed by atoms with E-state index in [0.717, 1.165) is 43.2 Å². The van der Waals surface area contributed by atoms with E-state index in [1.165, 1.54) is 12.0 Å². The van der Waals surface area contributed by atoms with Crippen LogP contribution in [0.1, 0.15) is 18.4 Å². The van der Waals surface area contributed by atoms with Crippen molar-refractivity contribution in [3.05, 3.63) is 72.7 Å². The Hall–Kier alpha value is -3.45. The number of anilines is 4. The molecule has 1 aromatic heterocycles. The summed E-state index contributed by atoms with van der Waals surface area (Å²) in [5.74, 6) is 0.0719. The molecule has 2 heterocycles. The van der Waals surface area contributed by atoms with Crippen LogP contribution < -0.4 is 15.5 Å². The summed E-state index contributed by atoms with van der Waals surface area (Å²) in [5.41, 5.74) is 4.07. The van der Waals surface area contributed by atoms with Crippen LogP contribution in [0.5, 0.6) is 0 Å². The van der Waals surface area contributed by atoms with Gasteiger partial charge in [0.15, 0.2) is 0 Å². The van der Waals surface area contributed by atoms with E-state index in [2.05, 4.69) is 49.8 Å². The number of nitrogens with one attached hydrogen (secondary N) is 2. The number of rotatable bonds is 6. The molecular weight excluding hydrogens is 378 g/mol. The molecule has 7 nitrogen and oxygen atoms in total. The highest BCUT2D eigenvalue weighted by Gasteiger charge is 2.16. The van der Waals surface area contributed by atoms with E-state index in [0.29, 0.717) is 5.82 Å². The minimum absolute atomic E-state index is 0.110. The van der Waals surface area contributed by atoms with Crippen molar-refractivity contribution in [3.63, 3.8) is 0 Å². The van der Waals surface area contributed by atoms with E-state index >= 15 is 0 Å². The lowest BCUT2D eigenvalue weighted by molar-refractivity contribution is -0.117. The van der Waals surface area contributed by atoms with Gasteiger partial charge < -0.3 is 20.3 Å². The van der Waals surface area contributed by atoms with Gasteiger partial charge in [0.25, 0.3) is 0 Å². The van der Waals surface area contributed by atoms with Gasteiger partial charge >= 0.3 is 0 Å². The second kappa shape index (κ2) is 9.37. The highest BCUT2D eigenvalue weighted by atomic mass is 16.5. The number of hydrogen-bond acceptors (Lipinski definition) is 6. The van der Waals surface area contributed by atoms with E-state index in [1.54, 1.807) is 12.3 Å². The van der Waals surface area contributed by atoms with Gasteiger partial charge in [-0.3, -0.25) is 4.79 Å². The topological polar surface area (TPSA) is 79.4 Å². The van der Waals surface area contributed by atoms with Crippen LogP contribution in [-0.2, 0) is 9.53 Å². The summed E-state index contributed by atoms with van der Waals surface area (Å²) in [4.78, 5) is 22.8. The zero-order valence-electron chi connectivity index (χ0n) is 16.9. The summed E-state index contributed by atoms with van der Waals surface area (Å²) in [6.07, 6.45) is 3.01. The van der Waals surface area contributed by atoms with Crippen molar-refractivity contribution >= 4 is 28.8 Å². The number of ether oxygens (including phenoxy) is 1. The van der Waals surface area contributed by atoms with E-state index in [9.17, 15) is 4.79 Å². The Labute approximate surface area is 176 Å². The minimum Gasteiger partial charge on any atom is -0.378 e. The highest BCUT2D eigenvalue weighted by molar-refractivity contribution is 5.94. The van der Waals surface area contributed by atoms with Crippen molar-refractivity contribution in [1.82, 2.24) is 9.97 Å². The Kier molecular flexibility index (Phi) is 6.20. The zero-order chi connectivity index (χ0) is 20.8. The number of carbonyl (C=O) groups excluding carboxylic acids is 1. The van der Waals surface area contributed by atoms with Crippen molar-refractivity contribution in [2.75, 3.05) is 41.8 Å². The third kappa shape index (κ3) is 4.93. The Morgan fingerprint density at radius 2 is 1.87 bits per heavy atom. The third-order valence-electron chi connectivity index (χ3n) is 5.15. The maximum atomic E-state index is 12.6. The van der Waals surface area contributed by atoms with Crippen LogP contribution >= 0.6 is 0 Å². The number of carbonyl (C=O) groups is 1. The lowest BCUT2D eigenvalue weighted by Crippen LogP contribution is -2.36. The lowest BCUT2D eigenvalue weighted by Gasteiger charge is -2.29. The first-order valence-corrected chi connectivity index (χ1v) is 10.1. The first-order valence-electron chi connectivity index (χ1n) is 10.1. The summed E-state index contributed by atoms with van der Waals surface area (Å²) in [7, 11) is 0. The molecule has 3 aromatic rings. The molecule has 1 unspecified atom stereocenters. The van der Waals surface area contributed by atoms with E-state index in [4.69, 9.17) is 4.74 Å². The molecule has 0 spiro atoms. The van der Waals surface area contributed by atoms with Crippen molar-refractivity contribution in [2.24, 2.45) is 0 Å². The quantitative estimate of drug-likeness (QED) is 0.652. The van der Waals surface area contributed by atoms with Gasteiger partial charge in [-0.05, 0) is 55.0 Å². The summed E-state index contributed by atoms with van der Waals surface area (Å²) in [6, 6.07) is 18.0. The fourth-order valence-electron chi connectivity index (χ4n) is 3.38. The molecule has 1 aliphatic heterocycles. The summed E-state index contributed by atoms with van der Waals surface area (Å²) in [5, 5.41) is 6.25. The molecule has 1 fully saturated rings. The molecule has 1 atom stereocenters. The largest absolute Gasteiger partial charge is 0.378 e. The second-order valence-corrected chi connectivity index (χ2v) is 7.20. The number of morpholine rings is 1. The molecule has 4 rings (SSSR count). The normalized spacial score (nSPS) is 14.8. The Balaban J connectivity index is 1.41. The zero-order valence-corrected chi connectivity index (χ0v) is 16.9. The number of benzene rings is 2. The smallest absolute Gasteiger partial charge is 0.232 e. The van der Waals surface area contributed by atoms with Crippen LogP contribution in [0.4, 0.5) is 22.9 Å². The predicted molar refractivity (Wildman–Crippen MR) is 118 cm³/mol. The maximum absolute atomic E-state index is 12.6. The molecule has 0 aliphatic carbocycles. The first-order chi connectivity index (χ1) is 14.7. The van der Waals surface area contributed by atoms with Gasteiger partial charge in [0.05, 0.1) is 19.1 Å². The molecule has 0 radical (unpaired) electrons. The SMILES string of the molecule is CC(C(=O)Nc1ccncn1)c1cccc(Nc2ccc(N3CCOCC3)cc2)c1. The Bertz CT molecular complexity index is 972. The van der Waals surface area contributed by atoms with E-state index in [1.807, 2.05) is 31.2 Å². The Morgan fingerprint density at radius 1 is 1.07 bits per heavy atom. The van der Waals surface area contributed by atoms with Crippen molar-refractivity contribution in [2.45, 2.75) is 12.8 Å². The highest BCUT2D eigenvalue weighted by Crippen LogP contribution is 2.25. The minimum atomic E-state index is -0.314. The molecule has 154 valence electrons. The van der Waals surface area contributed by atoms with Crippen molar-refractivity contribution < 1.29 is 9.53 Å². The molecule has 2 N–H and O–H groups in total. The molecule has 1 aliphatic rings. The van der Waals surface area contributed by atoms with Crippen molar-refractivity contribution in [3.8, 4) is 0 Å². The van der Waals surface area contributed by atoms with Crippen LogP contribution in [0, 0.1) is 0 Å². The second-order valence-electron chi connectivity index (χ2n) is 7.20. The van der Waals surface area contributed by atoms with Gasteiger partial charge in [0, 0.05) is 36.3 Å². The van der Waals surface area contributed by atoms with Gasteiger partial charge in [0.2, 0.25) is 5.91 Å². The van der Waals surface area contributed by atoms with Gasteiger partial charge in [0.1, 0.15) is 12.1 Å². The first kappa shape index (κ1) is 19.8. The van der Waals surface area contributed by atoms with Crippen LogP contribution in [0.15, 0.2) is 67.1 Å². The van der Waals surface area contributed by atoms with E-state index in [-0.39, 0.29) is 11.8 Å². The molecule has 1 saturated heterocycles. The summed E-state index contributed by atoms with van der Waals surface area (Å²) >= 11 is 0. The predicted octanol–water partition coefficient (Wildman–Crippen LogP) is 3.80. The maximum Gasteiger partial charge on any atom is 0.232 e. The lowest BCUT2D eigenvalue weighted by atomic mass is 9.99. The van der Waals surface area contributed by atoms with Crippen LogP contribution in [0.2, 0.25) is 0 Å². The van der Waals surface area contributed by atoms with Gasteiger partial charge in [-0.2, -0.15) is 0 Å². The molecule has 2 aromatic carbocycles. The standard InChI is InChI=1S/C23H25N5O2/c1-17(23(29)27-22-9-10-24-16-25-22)18-3-2-4-20(15-18)26-19-5-7-21(8-6-19)28-11-13-30-14-12-28/h2-10,15-17,26H,11-14H2,1H3,(H,24,25,27,29). The third-order valence-corrected chi connectivity index (χ3v) is 5.15. The molecule has 30 heavy (non-hydrogen) atoms. The number of nitrogens with zero attached hydrogens (tertiary/aromatic N) is 3. The molecule has 0 saturated carbocycles. The monoisotopic (exact) mass is 403 g/mol. The Morgan fingerprint density at radius 3 is 2.60 bits per heavy atom. The van der Waals surface area contributed by atoms with Crippen molar-refractivity contribution in [1.29, 1.82) is 0 Å². The molecule has 7 heteroatoms. The average molecular weight is 403 g/mol. The van der Waals surface area contributed by atoms with Gasteiger partial charge in [-0.1, -0.05) is 12.1 Å². The van der Waals surface area contributed by atoms with Crippen LogP contribution in [0.25, 0.3) is 0 Å². The number of aromatic nitrogens is 2. The summed E-state index contributed by atoms with van der Waals surface area (Å²) in [6.45, 7) is 5.27. The fourth-order valence-corrected chi connectivity index (χ4v) is 3.38. The molecule has 0 bridgehead atoms. The van der Waals surface area contributed by atoms with Gasteiger partial charge in [-0.25, -0.2) is 9.97 Å². The van der Waals surface area contributed by atoms with Gasteiger partial charge in [-0.15, -0.1) is 0 Å². The molecule has 1 amide bonds. The average Bonchev–Trinajstić information content (AvgIpc) is 2.80.